The molecule has 1 aliphatic heterocycles. The van der Waals surface area contributed by atoms with Crippen LogP contribution in [0.5, 0.6) is 0 Å². The summed E-state index contributed by atoms with van der Waals surface area (Å²) < 4.78 is 11.2. The van der Waals surface area contributed by atoms with E-state index in [0.717, 1.165) is 25.7 Å². The van der Waals surface area contributed by atoms with Gasteiger partial charge in [0.1, 0.15) is 6.04 Å². The molecule has 0 aromatic carbocycles. The number of aliphatic carboxylic acids is 1. The summed E-state index contributed by atoms with van der Waals surface area (Å²) in [5, 5.41) is 12.0. The van der Waals surface area contributed by atoms with E-state index in [2.05, 4.69) is 5.32 Å². The Hall–Kier alpha value is -0.420. The highest BCUT2D eigenvalue weighted by Crippen LogP contribution is 2.44. The first-order valence-electron chi connectivity index (χ1n) is 6.40. The molecule has 0 spiro atoms. The van der Waals surface area contributed by atoms with E-state index < -0.39 is 19.6 Å². The van der Waals surface area contributed by atoms with E-state index in [1.54, 1.807) is 0 Å². The molecule has 1 heterocycles. The minimum atomic E-state index is -4.11. The zero-order valence-corrected chi connectivity index (χ0v) is 11.1. The van der Waals surface area contributed by atoms with Crippen molar-refractivity contribution in [3.63, 3.8) is 0 Å². The molecule has 1 saturated carbocycles. The smallest absolute Gasteiger partial charge is 0.327 e. The van der Waals surface area contributed by atoms with Gasteiger partial charge in [0.2, 0.25) is 0 Å². The molecule has 2 fully saturated rings. The van der Waals surface area contributed by atoms with Crippen molar-refractivity contribution >= 4 is 13.6 Å². The predicted molar refractivity (Wildman–Crippen MR) is 65.3 cm³/mol. The Morgan fingerprint density at radius 1 is 1.28 bits per heavy atom. The number of hydrogen-bond acceptors (Lipinski definition) is 3. The Morgan fingerprint density at radius 2 is 1.94 bits per heavy atom. The number of carboxylic acids is 1. The molecule has 0 amide bonds. The van der Waals surface area contributed by atoms with Gasteiger partial charge in [-0.2, -0.15) is 0 Å². The molecule has 0 radical (unpaired) electrons. The Bertz CT molecular complexity index is 368. The summed E-state index contributed by atoms with van der Waals surface area (Å²) in [7, 11) is -4.11. The number of fused-ring (bicyclic) bond motifs is 1. The minimum Gasteiger partial charge on any atom is -0.480 e. The average molecular weight is 277 g/mol. The van der Waals surface area contributed by atoms with Crippen LogP contribution in [0, 0.1) is 11.8 Å². The van der Waals surface area contributed by atoms with Gasteiger partial charge in [-0.1, -0.05) is 19.3 Å². The van der Waals surface area contributed by atoms with E-state index in [4.69, 9.17) is 14.9 Å². The van der Waals surface area contributed by atoms with Crippen LogP contribution in [0.25, 0.3) is 0 Å². The van der Waals surface area contributed by atoms with Gasteiger partial charge in [0, 0.05) is 6.04 Å². The SMILES string of the molecule is O=C(O)C1CC2CCCCC2C(CP(=O)(O)O)N1. The lowest BCUT2D eigenvalue weighted by Crippen LogP contribution is -2.56. The molecular formula is C11H20NO5P. The first-order chi connectivity index (χ1) is 8.37. The van der Waals surface area contributed by atoms with Crippen LogP contribution in [0.15, 0.2) is 0 Å². The molecule has 6 nitrogen and oxygen atoms in total. The number of nitrogens with one attached hydrogen (secondary N) is 1. The summed E-state index contributed by atoms with van der Waals surface area (Å²) in [5.74, 6) is -0.422. The van der Waals surface area contributed by atoms with Crippen LogP contribution in [-0.2, 0) is 9.36 Å². The topological polar surface area (TPSA) is 107 Å². The van der Waals surface area contributed by atoms with E-state index in [1.807, 2.05) is 0 Å². The molecule has 2 aliphatic rings. The molecular weight excluding hydrogens is 257 g/mol. The van der Waals surface area contributed by atoms with Crippen molar-refractivity contribution in [1.82, 2.24) is 5.32 Å². The van der Waals surface area contributed by atoms with Gasteiger partial charge in [0.15, 0.2) is 0 Å². The summed E-state index contributed by atoms with van der Waals surface area (Å²) >= 11 is 0. The fourth-order valence-electron chi connectivity index (χ4n) is 3.43. The third-order valence-electron chi connectivity index (χ3n) is 4.17. The van der Waals surface area contributed by atoms with E-state index in [0.29, 0.717) is 6.42 Å². The van der Waals surface area contributed by atoms with Gasteiger partial charge in [0.05, 0.1) is 6.16 Å². The fourth-order valence-corrected chi connectivity index (χ4v) is 4.32. The van der Waals surface area contributed by atoms with Crippen molar-refractivity contribution in [2.45, 2.75) is 44.2 Å². The van der Waals surface area contributed by atoms with Crippen molar-refractivity contribution < 1.29 is 24.3 Å². The summed E-state index contributed by atoms with van der Waals surface area (Å²) in [6.45, 7) is 0. The number of hydrogen-bond donors (Lipinski definition) is 4. The summed E-state index contributed by atoms with van der Waals surface area (Å²) in [6, 6.07) is -1.04. The van der Waals surface area contributed by atoms with E-state index in [-0.39, 0.29) is 24.0 Å². The molecule has 4 N–H and O–H groups in total. The summed E-state index contributed by atoms with van der Waals surface area (Å²) in [5.41, 5.74) is 0. The van der Waals surface area contributed by atoms with Gasteiger partial charge in [0.25, 0.3) is 0 Å². The second kappa shape index (κ2) is 5.29. The Labute approximate surface area is 106 Å². The lowest BCUT2D eigenvalue weighted by atomic mass is 9.70. The Balaban J connectivity index is 2.12. The quantitative estimate of drug-likeness (QED) is 0.568. The predicted octanol–water partition coefficient (Wildman–Crippen LogP) is 0.786. The summed E-state index contributed by atoms with van der Waals surface area (Å²) in [6.07, 6.45) is 4.41. The second-order valence-electron chi connectivity index (χ2n) is 5.46. The van der Waals surface area contributed by atoms with Gasteiger partial charge in [-0.15, -0.1) is 0 Å². The van der Waals surface area contributed by atoms with Crippen molar-refractivity contribution in [1.29, 1.82) is 0 Å². The van der Waals surface area contributed by atoms with Crippen LogP contribution < -0.4 is 5.32 Å². The highest BCUT2D eigenvalue weighted by molar-refractivity contribution is 7.51. The first-order valence-corrected chi connectivity index (χ1v) is 8.20. The van der Waals surface area contributed by atoms with E-state index in [9.17, 15) is 9.36 Å². The highest BCUT2D eigenvalue weighted by atomic mass is 31.2. The van der Waals surface area contributed by atoms with Gasteiger partial charge in [-0.25, -0.2) is 0 Å². The normalized spacial score (nSPS) is 37.0. The van der Waals surface area contributed by atoms with Crippen LogP contribution >= 0.6 is 7.60 Å². The second-order valence-corrected chi connectivity index (χ2v) is 7.15. The fraction of sp³-hybridized carbons (Fsp3) is 0.909. The van der Waals surface area contributed by atoms with Crippen LogP contribution in [0.3, 0.4) is 0 Å². The van der Waals surface area contributed by atoms with Crippen molar-refractivity contribution in [3.8, 4) is 0 Å². The number of carbonyl (C=O) groups is 1. The largest absolute Gasteiger partial charge is 0.480 e. The van der Waals surface area contributed by atoms with Crippen LogP contribution in [0.1, 0.15) is 32.1 Å². The zero-order valence-electron chi connectivity index (χ0n) is 10.2. The van der Waals surface area contributed by atoms with Crippen molar-refractivity contribution in [2.75, 3.05) is 6.16 Å². The van der Waals surface area contributed by atoms with Gasteiger partial charge < -0.3 is 20.2 Å². The molecule has 1 saturated heterocycles. The molecule has 4 unspecified atom stereocenters. The van der Waals surface area contributed by atoms with E-state index >= 15 is 0 Å². The first kappa shape index (κ1) is 14.0. The number of rotatable bonds is 3. The summed E-state index contributed by atoms with van der Waals surface area (Å²) in [4.78, 5) is 29.3. The van der Waals surface area contributed by atoms with Gasteiger partial charge >= 0.3 is 13.6 Å². The van der Waals surface area contributed by atoms with E-state index in [1.165, 1.54) is 0 Å². The molecule has 4 atom stereocenters. The maximum atomic E-state index is 11.2. The monoisotopic (exact) mass is 277 g/mol. The molecule has 18 heavy (non-hydrogen) atoms. The molecule has 1 aliphatic carbocycles. The lowest BCUT2D eigenvalue weighted by Gasteiger charge is -2.44. The molecule has 0 aromatic heterocycles. The lowest BCUT2D eigenvalue weighted by molar-refractivity contribution is -0.141. The zero-order chi connectivity index (χ0) is 13.3. The molecule has 0 aromatic rings. The van der Waals surface area contributed by atoms with Crippen molar-refractivity contribution in [3.05, 3.63) is 0 Å². The molecule has 2 rings (SSSR count). The minimum absolute atomic E-state index is 0.210. The standard InChI is InChI=1S/C11H20NO5P/c13-11(14)9-5-7-3-1-2-4-8(7)10(12-9)6-18(15,16)17/h7-10,12H,1-6H2,(H,13,14)(H2,15,16,17). The van der Waals surface area contributed by atoms with Crippen LogP contribution in [0.4, 0.5) is 0 Å². The maximum Gasteiger partial charge on any atom is 0.327 e. The Morgan fingerprint density at radius 3 is 2.56 bits per heavy atom. The number of carboxylic acid groups (broad SMARTS) is 1. The molecule has 104 valence electrons. The number of piperidine rings is 1. The highest BCUT2D eigenvalue weighted by Gasteiger charge is 2.42. The van der Waals surface area contributed by atoms with Gasteiger partial charge in [-0.05, 0) is 24.7 Å². The van der Waals surface area contributed by atoms with Crippen LogP contribution in [-0.4, -0.2) is 39.1 Å². The molecule has 0 bridgehead atoms. The average Bonchev–Trinajstić information content (AvgIpc) is 2.26. The van der Waals surface area contributed by atoms with Crippen molar-refractivity contribution in [2.24, 2.45) is 11.8 Å². The van der Waals surface area contributed by atoms with Gasteiger partial charge in [-0.3, -0.25) is 9.36 Å². The third kappa shape index (κ3) is 3.32. The maximum absolute atomic E-state index is 11.2. The van der Waals surface area contributed by atoms with Crippen LogP contribution in [0.2, 0.25) is 0 Å². The third-order valence-corrected chi connectivity index (χ3v) is 5.04. The Kier molecular flexibility index (Phi) is 4.11. The molecule has 7 heteroatoms.